The van der Waals surface area contributed by atoms with E-state index in [-0.39, 0.29) is 55.4 Å². The number of hydrogen-bond acceptors (Lipinski definition) is 5. The van der Waals surface area contributed by atoms with Gasteiger partial charge in [-0.15, -0.1) is 0 Å². The van der Waals surface area contributed by atoms with Gasteiger partial charge in [-0.2, -0.15) is 0 Å². The Morgan fingerprint density at radius 3 is 2.69 bits per heavy atom. The average Bonchev–Trinajstić information content (AvgIpc) is 2.78. The predicted molar refractivity (Wildman–Crippen MR) is 120 cm³/mol. The molecular weight excluding hydrogens is 408 g/mol. The zero-order valence-corrected chi connectivity index (χ0v) is 19.0. The second kappa shape index (κ2) is 11.3. The fraction of sp³-hybridized carbons (Fsp3) is 0.560. The first-order valence-corrected chi connectivity index (χ1v) is 11.5. The van der Waals surface area contributed by atoms with Crippen molar-refractivity contribution in [3.63, 3.8) is 0 Å². The maximum Gasteiger partial charge on any atom is 0.306 e. The molecule has 0 spiro atoms. The molecule has 7 nitrogen and oxygen atoms in total. The van der Waals surface area contributed by atoms with Crippen molar-refractivity contribution in [3.05, 3.63) is 47.5 Å². The minimum atomic E-state index is -0.522. The van der Waals surface area contributed by atoms with Crippen LogP contribution in [0, 0.1) is 11.8 Å². The average molecular weight is 443 g/mol. The summed E-state index contributed by atoms with van der Waals surface area (Å²) < 4.78 is 5.32. The van der Waals surface area contributed by atoms with Crippen molar-refractivity contribution >= 4 is 17.8 Å². The summed E-state index contributed by atoms with van der Waals surface area (Å²) in [6.45, 7) is 4.37. The molecule has 7 heteroatoms. The van der Waals surface area contributed by atoms with Crippen molar-refractivity contribution in [1.82, 2.24) is 10.2 Å². The number of amides is 2. The zero-order valence-electron chi connectivity index (χ0n) is 19.0. The highest BCUT2D eigenvalue weighted by molar-refractivity contribution is 5.86. The molecule has 32 heavy (non-hydrogen) atoms. The number of allylic oxidation sites excluding steroid dienone is 2. The van der Waals surface area contributed by atoms with Crippen molar-refractivity contribution in [1.29, 1.82) is 0 Å². The van der Waals surface area contributed by atoms with Gasteiger partial charge in [0.2, 0.25) is 11.8 Å². The molecule has 3 rings (SSSR count). The van der Waals surface area contributed by atoms with Gasteiger partial charge in [-0.1, -0.05) is 50.3 Å². The van der Waals surface area contributed by atoms with Crippen molar-refractivity contribution in [2.24, 2.45) is 11.8 Å². The lowest BCUT2D eigenvalue weighted by atomic mass is 9.92. The van der Waals surface area contributed by atoms with E-state index in [1.54, 1.807) is 4.90 Å². The monoisotopic (exact) mass is 442 g/mol. The van der Waals surface area contributed by atoms with Crippen LogP contribution in [0.15, 0.2) is 36.4 Å². The Bertz CT molecular complexity index is 850. The maximum absolute atomic E-state index is 13.3. The van der Waals surface area contributed by atoms with Gasteiger partial charge < -0.3 is 20.1 Å². The number of nitrogens with zero attached hydrogens (tertiary/aromatic N) is 1. The molecule has 0 aromatic heterocycles. The fourth-order valence-electron chi connectivity index (χ4n) is 4.19. The molecule has 0 radical (unpaired) electrons. The van der Waals surface area contributed by atoms with Crippen LogP contribution in [-0.4, -0.2) is 53.1 Å². The molecular formula is C25H34N2O5. The van der Waals surface area contributed by atoms with Gasteiger partial charge in [-0.05, 0) is 36.3 Å². The minimum Gasteiger partial charge on any atom is -0.463 e. The van der Waals surface area contributed by atoms with E-state index >= 15 is 0 Å². The van der Waals surface area contributed by atoms with E-state index < -0.39 is 5.92 Å². The molecule has 2 heterocycles. The Labute approximate surface area is 189 Å². The quantitative estimate of drug-likeness (QED) is 0.551. The van der Waals surface area contributed by atoms with E-state index in [0.717, 1.165) is 11.1 Å². The Morgan fingerprint density at radius 1 is 1.22 bits per heavy atom. The molecule has 2 N–H and O–H groups in total. The lowest BCUT2D eigenvalue weighted by Crippen LogP contribution is -2.49. The van der Waals surface area contributed by atoms with Crippen molar-refractivity contribution in [2.45, 2.75) is 64.6 Å². The van der Waals surface area contributed by atoms with Gasteiger partial charge in [0.25, 0.3) is 0 Å². The molecule has 1 aromatic rings. The highest BCUT2D eigenvalue weighted by Crippen LogP contribution is 2.25. The molecule has 1 aromatic carbocycles. The van der Waals surface area contributed by atoms with Crippen LogP contribution in [-0.2, 0) is 32.1 Å². The number of esters is 1. The normalized spacial score (nSPS) is 24.8. The van der Waals surface area contributed by atoms with Crippen LogP contribution in [0.3, 0.4) is 0 Å². The summed E-state index contributed by atoms with van der Waals surface area (Å²) in [5.74, 6) is -1.06. The molecule has 2 aliphatic heterocycles. The smallest absolute Gasteiger partial charge is 0.306 e. The number of benzene rings is 1. The number of carbonyl (C=O) groups is 3. The number of cyclic esters (lactones) is 1. The second-order valence-electron chi connectivity index (χ2n) is 9.02. The first kappa shape index (κ1) is 24.0. The molecule has 3 atom stereocenters. The van der Waals surface area contributed by atoms with Gasteiger partial charge in [-0.3, -0.25) is 14.4 Å². The third kappa shape index (κ3) is 6.19. The minimum absolute atomic E-state index is 0.0689. The highest BCUT2D eigenvalue weighted by Gasteiger charge is 2.32. The molecule has 0 aliphatic carbocycles. The zero-order chi connectivity index (χ0) is 23.1. The first-order valence-electron chi connectivity index (χ1n) is 11.5. The summed E-state index contributed by atoms with van der Waals surface area (Å²) in [7, 11) is 0. The largest absolute Gasteiger partial charge is 0.463 e. The lowest BCUT2D eigenvalue weighted by Gasteiger charge is -2.37. The van der Waals surface area contributed by atoms with Crippen LogP contribution in [0.5, 0.6) is 0 Å². The van der Waals surface area contributed by atoms with Crippen LogP contribution in [0.25, 0.3) is 0 Å². The standard InChI is InChI=1S/C25H34N2O5/c1-17(2)22-16-32-24(30)11-5-3-4-9-19(25(31)26-22)13-23(29)27-14-20-10-7-6-8-18(20)12-21(27)15-28/h3-4,6-8,10,17,19,21-22,28H,5,9,11-16H2,1-2H3,(H,26,31)/t19-,21+,22-/m1/s1. The molecule has 0 unspecified atom stereocenters. The Morgan fingerprint density at radius 2 is 1.97 bits per heavy atom. The molecule has 0 saturated heterocycles. The summed E-state index contributed by atoms with van der Waals surface area (Å²) in [6, 6.07) is 7.36. The SMILES string of the molecule is CC(C)[C@H]1COC(=O)CCC=CC[C@H](CC(=O)N2Cc3ccccc3C[C@H]2CO)C(=O)N1. The molecule has 0 bridgehead atoms. The topological polar surface area (TPSA) is 95.9 Å². The molecule has 174 valence electrons. The number of fused-ring (bicyclic) bond motifs is 1. The number of carbonyl (C=O) groups excluding carboxylic acids is 3. The Kier molecular flexibility index (Phi) is 8.45. The van der Waals surface area contributed by atoms with E-state index in [4.69, 9.17) is 4.74 Å². The van der Waals surface area contributed by atoms with Gasteiger partial charge >= 0.3 is 5.97 Å². The first-order chi connectivity index (χ1) is 15.4. The van der Waals surface area contributed by atoms with Gasteiger partial charge in [0, 0.05) is 19.4 Å². The fourth-order valence-corrected chi connectivity index (χ4v) is 4.19. The molecule has 2 aliphatic rings. The number of ether oxygens (including phenoxy) is 1. The van der Waals surface area contributed by atoms with Crippen molar-refractivity contribution < 1.29 is 24.2 Å². The highest BCUT2D eigenvalue weighted by atomic mass is 16.5. The van der Waals surface area contributed by atoms with Crippen LogP contribution < -0.4 is 5.32 Å². The summed E-state index contributed by atoms with van der Waals surface area (Å²) in [4.78, 5) is 39.9. The Hall–Kier alpha value is -2.67. The van der Waals surface area contributed by atoms with Gasteiger partial charge in [-0.25, -0.2) is 0 Å². The number of aliphatic hydroxyl groups is 1. The third-order valence-corrected chi connectivity index (χ3v) is 6.34. The Balaban J connectivity index is 1.74. The van der Waals surface area contributed by atoms with E-state index in [1.807, 2.05) is 50.3 Å². The van der Waals surface area contributed by atoms with Crippen molar-refractivity contribution in [3.8, 4) is 0 Å². The summed E-state index contributed by atoms with van der Waals surface area (Å²) >= 11 is 0. The van der Waals surface area contributed by atoms with E-state index in [1.165, 1.54) is 0 Å². The summed E-state index contributed by atoms with van der Waals surface area (Å²) in [6.07, 6.45) is 5.67. The van der Waals surface area contributed by atoms with Gasteiger partial charge in [0.1, 0.15) is 6.61 Å². The number of rotatable bonds is 4. The molecule has 0 saturated carbocycles. The van der Waals surface area contributed by atoms with Crippen LogP contribution in [0.1, 0.15) is 50.7 Å². The van der Waals surface area contributed by atoms with Gasteiger partial charge in [0.05, 0.1) is 24.6 Å². The number of nitrogens with one attached hydrogen (secondary N) is 1. The third-order valence-electron chi connectivity index (χ3n) is 6.34. The second-order valence-corrected chi connectivity index (χ2v) is 9.02. The lowest BCUT2D eigenvalue weighted by molar-refractivity contribution is -0.145. The van der Waals surface area contributed by atoms with E-state index in [9.17, 15) is 19.5 Å². The summed E-state index contributed by atoms with van der Waals surface area (Å²) in [5.41, 5.74) is 2.23. The van der Waals surface area contributed by atoms with Crippen LogP contribution >= 0.6 is 0 Å². The number of hydrogen-bond donors (Lipinski definition) is 2. The summed E-state index contributed by atoms with van der Waals surface area (Å²) in [5, 5.41) is 12.9. The van der Waals surface area contributed by atoms with Gasteiger partial charge in [0.15, 0.2) is 0 Å². The molecule has 0 fully saturated rings. The van der Waals surface area contributed by atoms with Crippen LogP contribution in [0.2, 0.25) is 0 Å². The van der Waals surface area contributed by atoms with Crippen LogP contribution in [0.4, 0.5) is 0 Å². The molecule has 2 amide bonds. The maximum atomic E-state index is 13.3. The predicted octanol–water partition coefficient (Wildman–Crippen LogP) is 2.36. The number of aliphatic hydroxyl groups excluding tert-OH is 1. The van der Waals surface area contributed by atoms with Crippen molar-refractivity contribution in [2.75, 3.05) is 13.2 Å². The van der Waals surface area contributed by atoms with E-state index in [0.29, 0.717) is 32.2 Å². The van der Waals surface area contributed by atoms with E-state index in [2.05, 4.69) is 5.32 Å².